The molecule has 0 unspecified atom stereocenters. The Balaban J connectivity index is 1.67. The van der Waals surface area contributed by atoms with Crippen LogP contribution < -0.4 is 0 Å². The van der Waals surface area contributed by atoms with Crippen molar-refractivity contribution in [1.82, 2.24) is 19.9 Å². The van der Waals surface area contributed by atoms with Crippen molar-refractivity contribution in [3.63, 3.8) is 0 Å². The highest BCUT2D eigenvalue weighted by atomic mass is 16.5. The summed E-state index contributed by atoms with van der Waals surface area (Å²) in [5, 5.41) is 1.06. The number of fused-ring (bicyclic) bond motifs is 2. The second-order valence-electron chi connectivity index (χ2n) is 6.37. The van der Waals surface area contributed by atoms with Gasteiger partial charge in [0.25, 0.3) is 0 Å². The van der Waals surface area contributed by atoms with Gasteiger partial charge in [-0.1, -0.05) is 18.2 Å². The van der Waals surface area contributed by atoms with Crippen LogP contribution in [0.2, 0.25) is 0 Å². The molecule has 0 fully saturated rings. The van der Waals surface area contributed by atoms with Gasteiger partial charge in [-0.25, -0.2) is 14.8 Å². The number of nitrogens with zero attached hydrogens (tertiary/aromatic N) is 3. The molecule has 3 heterocycles. The highest BCUT2D eigenvalue weighted by molar-refractivity contribution is 5.98. The molecular formula is C19H20N4O2. The van der Waals surface area contributed by atoms with E-state index < -0.39 is 0 Å². The van der Waals surface area contributed by atoms with Gasteiger partial charge in [0.2, 0.25) is 0 Å². The molecule has 1 N–H and O–H groups in total. The third kappa shape index (κ3) is 2.89. The molecule has 0 aliphatic carbocycles. The van der Waals surface area contributed by atoms with Crippen LogP contribution in [0.1, 0.15) is 33.1 Å². The summed E-state index contributed by atoms with van der Waals surface area (Å²) in [4.78, 5) is 26.6. The Kier molecular flexibility index (Phi) is 3.97. The minimum absolute atomic E-state index is 0.331. The largest absolute Gasteiger partial charge is 0.464 e. The number of aromatic nitrogens is 3. The Morgan fingerprint density at radius 3 is 3.04 bits per heavy atom. The number of carbonyl (C=O) groups is 1. The number of para-hydroxylation sites is 1. The van der Waals surface area contributed by atoms with Gasteiger partial charge in [0.1, 0.15) is 11.5 Å². The number of ether oxygens (including phenoxy) is 1. The molecule has 0 saturated heterocycles. The molecule has 0 spiro atoms. The third-order valence-corrected chi connectivity index (χ3v) is 4.72. The number of aryl methyl sites for hydroxylation is 1. The molecule has 1 aliphatic rings. The standard InChI is InChI=1S/C19H20N4O2/c1-12-20-9-13-10-23(8-7-16(13)21-12)11-15-14-5-3-4-6-17(14)22-18(15)19(24)25-2/h3-6,9,22H,7-8,10-11H2,1-2H3. The van der Waals surface area contributed by atoms with Crippen molar-refractivity contribution in [3.8, 4) is 0 Å². The first-order chi connectivity index (χ1) is 12.2. The van der Waals surface area contributed by atoms with Crippen molar-refractivity contribution in [1.29, 1.82) is 0 Å². The predicted molar refractivity (Wildman–Crippen MR) is 94.2 cm³/mol. The number of H-pyrrole nitrogens is 1. The van der Waals surface area contributed by atoms with Gasteiger partial charge < -0.3 is 9.72 Å². The molecule has 6 heteroatoms. The van der Waals surface area contributed by atoms with Crippen LogP contribution in [-0.2, 0) is 24.2 Å². The lowest BCUT2D eigenvalue weighted by molar-refractivity contribution is 0.0592. The normalized spacial score (nSPS) is 14.5. The Morgan fingerprint density at radius 1 is 1.36 bits per heavy atom. The summed E-state index contributed by atoms with van der Waals surface area (Å²) < 4.78 is 4.96. The number of hydrogen-bond donors (Lipinski definition) is 1. The van der Waals surface area contributed by atoms with E-state index in [1.165, 1.54) is 7.11 Å². The van der Waals surface area contributed by atoms with Crippen LogP contribution in [0.25, 0.3) is 10.9 Å². The average molecular weight is 336 g/mol. The molecule has 3 aromatic rings. The van der Waals surface area contributed by atoms with E-state index in [0.717, 1.165) is 53.1 Å². The molecule has 0 amide bonds. The van der Waals surface area contributed by atoms with Gasteiger partial charge in [-0.05, 0) is 13.0 Å². The SMILES string of the molecule is COC(=O)c1[nH]c2ccccc2c1CN1CCc2nc(C)ncc2C1. The second kappa shape index (κ2) is 6.29. The van der Waals surface area contributed by atoms with Crippen LogP contribution in [-0.4, -0.2) is 39.5 Å². The van der Waals surface area contributed by atoms with Gasteiger partial charge in [-0.3, -0.25) is 4.90 Å². The first kappa shape index (κ1) is 15.8. The number of rotatable bonds is 3. The van der Waals surface area contributed by atoms with Crippen LogP contribution in [0.3, 0.4) is 0 Å². The number of aromatic amines is 1. The summed E-state index contributed by atoms with van der Waals surface area (Å²) in [5.41, 5.74) is 4.77. The van der Waals surface area contributed by atoms with Gasteiger partial charge >= 0.3 is 5.97 Å². The van der Waals surface area contributed by atoms with E-state index in [4.69, 9.17) is 4.74 Å². The summed E-state index contributed by atoms with van der Waals surface area (Å²) in [6.07, 6.45) is 2.81. The average Bonchev–Trinajstić information content (AvgIpc) is 3.00. The topological polar surface area (TPSA) is 71.1 Å². The number of carbonyl (C=O) groups excluding carboxylic acids is 1. The van der Waals surface area contributed by atoms with E-state index in [1.807, 2.05) is 37.4 Å². The van der Waals surface area contributed by atoms with Crippen molar-refractivity contribution in [2.75, 3.05) is 13.7 Å². The number of esters is 1. The first-order valence-electron chi connectivity index (χ1n) is 8.37. The van der Waals surface area contributed by atoms with Gasteiger partial charge in [0.05, 0.1) is 7.11 Å². The van der Waals surface area contributed by atoms with E-state index in [2.05, 4.69) is 19.9 Å². The van der Waals surface area contributed by atoms with Crippen molar-refractivity contribution in [3.05, 3.63) is 58.8 Å². The van der Waals surface area contributed by atoms with Crippen molar-refractivity contribution in [2.24, 2.45) is 0 Å². The predicted octanol–water partition coefficient (Wildman–Crippen LogP) is 2.61. The summed E-state index contributed by atoms with van der Waals surface area (Å²) in [7, 11) is 1.41. The molecule has 2 aromatic heterocycles. The van der Waals surface area contributed by atoms with Crippen LogP contribution in [0.5, 0.6) is 0 Å². The fourth-order valence-corrected chi connectivity index (χ4v) is 3.47. The zero-order valence-electron chi connectivity index (χ0n) is 14.4. The highest BCUT2D eigenvalue weighted by Gasteiger charge is 2.23. The molecule has 128 valence electrons. The van der Waals surface area contributed by atoms with E-state index in [9.17, 15) is 4.79 Å². The van der Waals surface area contributed by atoms with Crippen LogP contribution in [0.4, 0.5) is 0 Å². The maximum atomic E-state index is 12.2. The van der Waals surface area contributed by atoms with Gasteiger partial charge in [0.15, 0.2) is 0 Å². The van der Waals surface area contributed by atoms with E-state index in [1.54, 1.807) is 0 Å². The number of nitrogens with one attached hydrogen (secondary N) is 1. The van der Waals surface area contributed by atoms with Gasteiger partial charge in [0, 0.05) is 60.0 Å². The van der Waals surface area contributed by atoms with E-state index in [-0.39, 0.29) is 5.97 Å². The van der Waals surface area contributed by atoms with Gasteiger partial charge in [-0.2, -0.15) is 0 Å². The molecule has 0 saturated carbocycles. The molecule has 4 rings (SSSR count). The lowest BCUT2D eigenvalue weighted by atomic mass is 10.0. The fraction of sp³-hybridized carbons (Fsp3) is 0.316. The molecular weight excluding hydrogens is 316 g/mol. The Morgan fingerprint density at radius 2 is 2.20 bits per heavy atom. The fourth-order valence-electron chi connectivity index (χ4n) is 3.47. The second-order valence-corrected chi connectivity index (χ2v) is 6.37. The maximum Gasteiger partial charge on any atom is 0.354 e. The summed E-state index contributed by atoms with van der Waals surface area (Å²) >= 11 is 0. The number of hydrogen-bond acceptors (Lipinski definition) is 5. The Hall–Kier alpha value is -2.73. The molecule has 25 heavy (non-hydrogen) atoms. The molecule has 0 bridgehead atoms. The minimum Gasteiger partial charge on any atom is -0.464 e. The zero-order chi connectivity index (χ0) is 17.4. The first-order valence-corrected chi connectivity index (χ1v) is 8.37. The minimum atomic E-state index is -0.331. The number of methoxy groups -OCH3 is 1. The van der Waals surface area contributed by atoms with E-state index in [0.29, 0.717) is 12.2 Å². The summed E-state index contributed by atoms with van der Waals surface area (Å²) in [6, 6.07) is 7.97. The molecule has 6 nitrogen and oxygen atoms in total. The van der Waals surface area contributed by atoms with Crippen LogP contribution in [0, 0.1) is 6.92 Å². The lowest BCUT2D eigenvalue weighted by Gasteiger charge is -2.28. The third-order valence-electron chi connectivity index (χ3n) is 4.72. The summed E-state index contributed by atoms with van der Waals surface area (Å²) in [6.45, 7) is 4.29. The molecule has 0 radical (unpaired) electrons. The quantitative estimate of drug-likeness (QED) is 0.745. The molecule has 1 aliphatic heterocycles. The smallest absolute Gasteiger partial charge is 0.354 e. The Bertz CT molecular complexity index is 948. The van der Waals surface area contributed by atoms with Crippen molar-refractivity contribution in [2.45, 2.75) is 26.4 Å². The van der Waals surface area contributed by atoms with Crippen LogP contribution in [0.15, 0.2) is 30.5 Å². The summed E-state index contributed by atoms with van der Waals surface area (Å²) in [5.74, 6) is 0.486. The van der Waals surface area contributed by atoms with Crippen molar-refractivity contribution >= 4 is 16.9 Å². The molecule has 0 atom stereocenters. The molecule has 1 aromatic carbocycles. The monoisotopic (exact) mass is 336 g/mol. The lowest BCUT2D eigenvalue weighted by Crippen LogP contribution is -2.31. The Labute approximate surface area is 145 Å². The van der Waals surface area contributed by atoms with Crippen LogP contribution >= 0.6 is 0 Å². The highest BCUT2D eigenvalue weighted by Crippen LogP contribution is 2.26. The van der Waals surface area contributed by atoms with Crippen molar-refractivity contribution < 1.29 is 9.53 Å². The van der Waals surface area contributed by atoms with Gasteiger partial charge in [-0.15, -0.1) is 0 Å². The zero-order valence-corrected chi connectivity index (χ0v) is 14.4. The number of benzene rings is 1. The van der Waals surface area contributed by atoms with E-state index >= 15 is 0 Å². The maximum absolute atomic E-state index is 12.2.